The van der Waals surface area contributed by atoms with Crippen molar-refractivity contribution in [2.24, 2.45) is 0 Å². The van der Waals surface area contributed by atoms with Crippen molar-refractivity contribution in [3.05, 3.63) is 48.4 Å². The molecule has 0 saturated carbocycles. The van der Waals surface area contributed by atoms with E-state index < -0.39 is 18.7 Å². The van der Waals surface area contributed by atoms with Crippen molar-refractivity contribution < 1.29 is 11.9 Å². The number of pyridine rings is 2. The maximum atomic E-state index is 15.1. The van der Waals surface area contributed by atoms with Crippen molar-refractivity contribution >= 4 is 17.4 Å². The van der Waals surface area contributed by atoms with Gasteiger partial charge in [0.15, 0.2) is 0 Å². The van der Waals surface area contributed by atoms with Crippen LogP contribution in [-0.2, 0) is 0 Å². The van der Waals surface area contributed by atoms with Crippen molar-refractivity contribution in [3.63, 3.8) is 0 Å². The van der Waals surface area contributed by atoms with Gasteiger partial charge in [-0.2, -0.15) is 0 Å². The lowest BCUT2D eigenvalue weighted by atomic mass is 10.00. The lowest BCUT2D eigenvalue weighted by molar-refractivity contribution is 0.0254. The second kappa shape index (κ2) is 10.4. The van der Waals surface area contributed by atoms with E-state index in [-0.39, 0.29) is 24.1 Å². The van der Waals surface area contributed by atoms with Gasteiger partial charge in [0, 0.05) is 72.1 Å². The molecular formula is C24H33FN6O. The molecule has 32 heavy (non-hydrogen) atoms. The van der Waals surface area contributed by atoms with Crippen LogP contribution in [0, 0.1) is 0 Å². The summed E-state index contributed by atoms with van der Waals surface area (Å²) in [4.78, 5) is 27.0. The first-order valence-corrected chi connectivity index (χ1v) is 11.3. The SMILES string of the molecule is [2H]C1([2H])CCN(c2cccc(C(=O)Nc3ccncc3)n2)CCN1C1CCN(C(C)C)CC1F. The number of amides is 1. The highest BCUT2D eigenvalue weighted by atomic mass is 19.1. The Bertz CT molecular complexity index is 979. The number of nitrogens with zero attached hydrogens (tertiary/aromatic N) is 5. The highest BCUT2D eigenvalue weighted by Gasteiger charge is 2.34. The van der Waals surface area contributed by atoms with Crippen LogP contribution in [0.4, 0.5) is 15.9 Å². The van der Waals surface area contributed by atoms with Gasteiger partial charge < -0.3 is 10.2 Å². The number of rotatable bonds is 5. The quantitative estimate of drug-likeness (QED) is 0.768. The first-order chi connectivity index (χ1) is 16.2. The number of hydrogen-bond donors (Lipinski definition) is 1. The molecule has 0 spiro atoms. The predicted molar refractivity (Wildman–Crippen MR) is 125 cm³/mol. The van der Waals surface area contributed by atoms with Crippen LogP contribution in [0.1, 0.15) is 39.9 Å². The summed E-state index contributed by atoms with van der Waals surface area (Å²) in [5.41, 5.74) is 0.915. The topological polar surface area (TPSA) is 64.6 Å². The monoisotopic (exact) mass is 442 g/mol. The Morgan fingerprint density at radius 1 is 1.19 bits per heavy atom. The molecule has 2 aromatic heterocycles. The molecule has 4 rings (SSSR count). The molecule has 0 aliphatic carbocycles. The van der Waals surface area contributed by atoms with E-state index in [1.807, 2.05) is 11.0 Å². The van der Waals surface area contributed by atoms with E-state index in [9.17, 15) is 4.79 Å². The van der Waals surface area contributed by atoms with E-state index >= 15 is 4.39 Å². The van der Waals surface area contributed by atoms with Crippen LogP contribution >= 0.6 is 0 Å². The summed E-state index contributed by atoms with van der Waals surface area (Å²) in [5.74, 6) is 0.295. The Labute approximate surface area is 192 Å². The number of hydrogen-bond acceptors (Lipinski definition) is 6. The molecule has 4 heterocycles. The van der Waals surface area contributed by atoms with Gasteiger partial charge in [0.1, 0.15) is 17.7 Å². The zero-order valence-electron chi connectivity index (χ0n) is 20.7. The van der Waals surface area contributed by atoms with Crippen LogP contribution in [0.3, 0.4) is 0 Å². The van der Waals surface area contributed by atoms with Gasteiger partial charge in [-0.25, -0.2) is 9.37 Å². The fraction of sp³-hybridized carbons (Fsp3) is 0.542. The molecular weight excluding hydrogens is 407 g/mol. The molecule has 2 atom stereocenters. The summed E-state index contributed by atoms with van der Waals surface area (Å²) >= 11 is 0. The van der Waals surface area contributed by atoms with Crippen LogP contribution in [0.5, 0.6) is 0 Å². The molecule has 2 aromatic rings. The first-order valence-electron chi connectivity index (χ1n) is 12.3. The van der Waals surface area contributed by atoms with Crippen LogP contribution in [0.25, 0.3) is 0 Å². The van der Waals surface area contributed by atoms with Crippen LogP contribution in [0.15, 0.2) is 42.7 Å². The Balaban J connectivity index is 1.45. The standard InChI is InChI=1S/C24H33FN6O/c1-18(2)31-14-9-22(20(25)17-31)29-12-4-13-30(16-15-29)23-6-3-5-21(28-23)24(32)27-19-7-10-26-11-8-19/h3,5-8,10-11,18,20,22H,4,9,12-17H2,1-2H3,(H,26,27,32)/i12D2. The molecule has 7 nitrogen and oxygen atoms in total. The summed E-state index contributed by atoms with van der Waals surface area (Å²) < 4.78 is 32.5. The lowest BCUT2D eigenvalue weighted by Crippen LogP contribution is -2.54. The zero-order chi connectivity index (χ0) is 24.3. The number of halogens is 1. The maximum Gasteiger partial charge on any atom is 0.274 e. The highest BCUT2D eigenvalue weighted by Crippen LogP contribution is 2.24. The normalized spacial score (nSPS) is 25.7. The molecule has 0 aromatic carbocycles. The number of piperidine rings is 1. The van der Waals surface area contributed by atoms with Crippen LogP contribution in [0.2, 0.25) is 0 Å². The van der Waals surface area contributed by atoms with E-state index in [0.717, 1.165) is 6.54 Å². The minimum Gasteiger partial charge on any atom is -0.355 e. The summed E-state index contributed by atoms with van der Waals surface area (Å²) in [5, 5.41) is 2.81. The smallest absolute Gasteiger partial charge is 0.274 e. The van der Waals surface area contributed by atoms with E-state index in [0.29, 0.717) is 44.1 Å². The molecule has 2 fully saturated rings. The van der Waals surface area contributed by atoms with E-state index in [1.54, 1.807) is 41.6 Å². The Morgan fingerprint density at radius 2 is 2.00 bits per heavy atom. The summed E-state index contributed by atoms with van der Waals surface area (Å²) in [6.07, 6.45) is 2.97. The summed E-state index contributed by atoms with van der Waals surface area (Å²) in [6, 6.07) is 8.52. The Kier molecular flexibility index (Phi) is 6.49. The largest absolute Gasteiger partial charge is 0.355 e. The van der Waals surface area contributed by atoms with Gasteiger partial charge in [-0.05, 0) is 51.0 Å². The number of alkyl halides is 1. The van der Waals surface area contributed by atoms with Crippen molar-refractivity contribution in [2.75, 3.05) is 49.4 Å². The van der Waals surface area contributed by atoms with Gasteiger partial charge in [0.25, 0.3) is 5.91 Å². The van der Waals surface area contributed by atoms with Gasteiger partial charge in [-0.3, -0.25) is 19.6 Å². The van der Waals surface area contributed by atoms with E-state index in [1.165, 1.54) is 0 Å². The highest BCUT2D eigenvalue weighted by molar-refractivity contribution is 6.03. The van der Waals surface area contributed by atoms with Gasteiger partial charge >= 0.3 is 0 Å². The number of aromatic nitrogens is 2. The molecule has 1 N–H and O–H groups in total. The number of carbonyl (C=O) groups excluding carboxylic acids is 1. The van der Waals surface area contributed by atoms with Crippen LogP contribution < -0.4 is 10.2 Å². The molecule has 2 saturated heterocycles. The van der Waals surface area contributed by atoms with Gasteiger partial charge in [0.2, 0.25) is 0 Å². The van der Waals surface area contributed by atoms with E-state index in [4.69, 9.17) is 2.74 Å². The third kappa shape index (κ3) is 5.42. The number of anilines is 2. The van der Waals surface area contributed by atoms with Gasteiger partial charge in [-0.15, -0.1) is 0 Å². The molecule has 0 bridgehead atoms. The van der Waals surface area contributed by atoms with Crippen molar-refractivity contribution in [2.45, 2.75) is 44.9 Å². The molecule has 2 unspecified atom stereocenters. The second-order valence-corrected chi connectivity index (χ2v) is 8.62. The Hall–Kier alpha value is -2.58. The van der Waals surface area contributed by atoms with Crippen LogP contribution in [-0.4, -0.2) is 83.2 Å². The molecule has 2 aliphatic rings. The van der Waals surface area contributed by atoms with Crippen molar-refractivity contribution in [3.8, 4) is 0 Å². The average Bonchev–Trinajstić information content (AvgIpc) is 2.97. The second-order valence-electron chi connectivity index (χ2n) is 8.62. The minimum absolute atomic E-state index is 0.235. The number of likely N-dealkylation sites (tertiary alicyclic amines) is 1. The van der Waals surface area contributed by atoms with Gasteiger partial charge in [0.05, 0.1) is 0 Å². The van der Waals surface area contributed by atoms with Crippen molar-refractivity contribution in [1.82, 2.24) is 19.8 Å². The molecule has 2 aliphatic heterocycles. The number of nitrogens with one attached hydrogen (secondary N) is 1. The average molecular weight is 443 g/mol. The van der Waals surface area contributed by atoms with E-state index in [2.05, 4.69) is 34.0 Å². The van der Waals surface area contributed by atoms with Crippen molar-refractivity contribution in [1.29, 1.82) is 0 Å². The molecule has 8 heteroatoms. The fourth-order valence-electron chi connectivity index (χ4n) is 4.35. The summed E-state index contributed by atoms with van der Waals surface area (Å²) in [6.45, 7) is 4.98. The number of carbonyl (C=O) groups is 1. The third-order valence-corrected chi connectivity index (χ3v) is 6.21. The first kappa shape index (κ1) is 20.1. The Morgan fingerprint density at radius 3 is 2.75 bits per heavy atom. The fourth-order valence-corrected chi connectivity index (χ4v) is 4.35. The minimum atomic E-state index is -1.61. The maximum absolute atomic E-state index is 15.1. The zero-order valence-corrected chi connectivity index (χ0v) is 18.7. The summed E-state index contributed by atoms with van der Waals surface area (Å²) in [7, 11) is 0. The molecule has 0 radical (unpaired) electrons. The predicted octanol–water partition coefficient (Wildman–Crippen LogP) is 3.06. The molecule has 172 valence electrons. The van der Waals surface area contributed by atoms with Gasteiger partial charge in [-0.1, -0.05) is 6.07 Å². The third-order valence-electron chi connectivity index (χ3n) is 6.21. The molecule has 1 amide bonds. The lowest BCUT2D eigenvalue weighted by Gasteiger charge is -2.41.